The maximum absolute atomic E-state index is 6.36. The van der Waals surface area contributed by atoms with Crippen molar-refractivity contribution < 1.29 is 9.47 Å². The van der Waals surface area contributed by atoms with Gasteiger partial charge in [0.25, 0.3) is 0 Å². The Balaban J connectivity index is 4.37. The highest BCUT2D eigenvalue weighted by Gasteiger charge is 2.33. The Morgan fingerprint density at radius 3 is 1.84 bits per heavy atom. The number of ether oxygens (including phenoxy) is 2. The van der Waals surface area contributed by atoms with Crippen LogP contribution in [0, 0.1) is 5.41 Å². The normalized spacial score (nSPS) is 14.2. The summed E-state index contributed by atoms with van der Waals surface area (Å²) in [6.45, 7) is 20.5. The van der Waals surface area contributed by atoms with Gasteiger partial charge in [-0.2, -0.15) is 0 Å². The van der Waals surface area contributed by atoms with Crippen LogP contribution in [0.1, 0.15) is 81.6 Å². The van der Waals surface area contributed by atoms with E-state index in [1.54, 1.807) is 0 Å². The zero-order valence-electron chi connectivity index (χ0n) is 14.7. The van der Waals surface area contributed by atoms with Crippen molar-refractivity contribution in [3.8, 4) is 0 Å². The Morgan fingerprint density at radius 1 is 0.895 bits per heavy atom. The zero-order valence-corrected chi connectivity index (χ0v) is 14.7. The van der Waals surface area contributed by atoms with Gasteiger partial charge in [0.1, 0.15) is 0 Å². The molecule has 0 rings (SSSR count). The van der Waals surface area contributed by atoms with Crippen LogP contribution in [0.4, 0.5) is 0 Å². The maximum atomic E-state index is 6.36. The maximum Gasteiger partial charge on any atom is 0.0655 e. The average Bonchev–Trinajstić information content (AvgIpc) is 2.12. The van der Waals surface area contributed by atoms with Crippen molar-refractivity contribution in [3.05, 3.63) is 0 Å². The van der Waals surface area contributed by atoms with Gasteiger partial charge >= 0.3 is 0 Å². The molecule has 0 unspecified atom stereocenters. The summed E-state index contributed by atoms with van der Waals surface area (Å²) >= 11 is 0. The first-order chi connectivity index (χ1) is 8.39. The van der Waals surface area contributed by atoms with Gasteiger partial charge in [-0.15, -0.1) is 0 Å². The third-order valence-corrected chi connectivity index (χ3v) is 3.57. The van der Waals surface area contributed by atoms with Gasteiger partial charge in [-0.25, -0.2) is 0 Å². The van der Waals surface area contributed by atoms with E-state index in [4.69, 9.17) is 9.47 Å². The summed E-state index contributed by atoms with van der Waals surface area (Å²) in [6, 6.07) is 0. The fourth-order valence-electron chi connectivity index (χ4n) is 2.65. The van der Waals surface area contributed by atoms with Gasteiger partial charge in [-0.05, 0) is 59.8 Å². The summed E-state index contributed by atoms with van der Waals surface area (Å²) < 4.78 is 12.0. The molecule has 0 aromatic heterocycles. The van der Waals surface area contributed by atoms with Crippen molar-refractivity contribution in [2.45, 2.75) is 98.9 Å². The second-order valence-corrected chi connectivity index (χ2v) is 7.99. The van der Waals surface area contributed by atoms with E-state index in [1.807, 2.05) is 0 Å². The van der Waals surface area contributed by atoms with E-state index in [-0.39, 0.29) is 11.2 Å². The molecule has 0 aromatic rings. The van der Waals surface area contributed by atoms with Crippen LogP contribution in [0.25, 0.3) is 0 Å². The van der Waals surface area contributed by atoms with Crippen LogP contribution in [0.2, 0.25) is 0 Å². The van der Waals surface area contributed by atoms with E-state index in [1.165, 1.54) is 6.42 Å². The van der Waals surface area contributed by atoms with Crippen LogP contribution < -0.4 is 0 Å². The first kappa shape index (κ1) is 18.9. The summed E-state index contributed by atoms with van der Waals surface area (Å²) in [5.41, 5.74) is 0.0943. The van der Waals surface area contributed by atoms with Crippen LogP contribution in [0.15, 0.2) is 0 Å². The minimum absolute atomic E-state index is 0.0964. The standard InChI is InChI=1S/C17H36O2/c1-10-15(4,5)13-17(8,9)19-16(6,7)11-12-18-14(2)3/h14H,10-13H2,1-9H3. The lowest BCUT2D eigenvalue weighted by Crippen LogP contribution is -2.40. The highest BCUT2D eigenvalue weighted by atomic mass is 16.5. The first-order valence-electron chi connectivity index (χ1n) is 7.71. The molecule has 116 valence electrons. The lowest BCUT2D eigenvalue weighted by atomic mass is 9.79. The molecule has 0 amide bonds. The second kappa shape index (κ2) is 7.08. The molecule has 0 bridgehead atoms. The predicted molar refractivity (Wildman–Crippen MR) is 83.6 cm³/mol. The zero-order chi connectivity index (χ0) is 15.3. The molecule has 2 heteroatoms. The molecule has 2 nitrogen and oxygen atoms in total. The molecule has 0 fully saturated rings. The van der Waals surface area contributed by atoms with Crippen molar-refractivity contribution in [2.75, 3.05) is 6.61 Å². The molecular weight excluding hydrogens is 236 g/mol. The largest absolute Gasteiger partial charge is 0.379 e. The topological polar surface area (TPSA) is 18.5 Å². The van der Waals surface area contributed by atoms with Gasteiger partial charge in [0, 0.05) is 6.61 Å². The van der Waals surface area contributed by atoms with Gasteiger partial charge in [0.05, 0.1) is 17.3 Å². The molecule has 0 aliphatic rings. The fraction of sp³-hybridized carbons (Fsp3) is 1.00. The molecule has 0 aliphatic carbocycles. The highest BCUT2D eigenvalue weighted by Crippen LogP contribution is 2.35. The summed E-state index contributed by atoms with van der Waals surface area (Å²) in [7, 11) is 0. The van der Waals surface area contributed by atoms with E-state index in [9.17, 15) is 0 Å². The smallest absolute Gasteiger partial charge is 0.0655 e. The molecule has 0 N–H and O–H groups in total. The van der Waals surface area contributed by atoms with E-state index in [0.717, 1.165) is 19.4 Å². The Morgan fingerprint density at radius 2 is 1.42 bits per heavy atom. The molecular formula is C17H36O2. The van der Waals surface area contributed by atoms with E-state index in [0.29, 0.717) is 11.5 Å². The third-order valence-electron chi connectivity index (χ3n) is 3.57. The Labute approximate surface area is 121 Å². The van der Waals surface area contributed by atoms with E-state index >= 15 is 0 Å². The number of rotatable bonds is 9. The van der Waals surface area contributed by atoms with Crippen molar-refractivity contribution >= 4 is 0 Å². The average molecular weight is 272 g/mol. The van der Waals surface area contributed by atoms with Crippen LogP contribution in [0.3, 0.4) is 0 Å². The van der Waals surface area contributed by atoms with Gasteiger partial charge in [-0.1, -0.05) is 27.2 Å². The van der Waals surface area contributed by atoms with Crippen molar-refractivity contribution in [2.24, 2.45) is 5.41 Å². The van der Waals surface area contributed by atoms with Crippen LogP contribution in [-0.2, 0) is 9.47 Å². The minimum Gasteiger partial charge on any atom is -0.379 e. The Hall–Kier alpha value is -0.0800. The lowest BCUT2D eigenvalue weighted by molar-refractivity contribution is -0.147. The van der Waals surface area contributed by atoms with Crippen LogP contribution in [0.5, 0.6) is 0 Å². The van der Waals surface area contributed by atoms with Gasteiger partial charge in [-0.3, -0.25) is 0 Å². The van der Waals surface area contributed by atoms with Gasteiger partial charge in [0.15, 0.2) is 0 Å². The number of hydrogen-bond acceptors (Lipinski definition) is 2. The van der Waals surface area contributed by atoms with Crippen molar-refractivity contribution in [3.63, 3.8) is 0 Å². The summed E-state index contributed by atoms with van der Waals surface area (Å²) in [6.07, 6.45) is 3.48. The minimum atomic E-state index is -0.137. The number of hydrogen-bond donors (Lipinski definition) is 0. The molecule has 0 radical (unpaired) electrons. The third kappa shape index (κ3) is 9.45. The Kier molecular flexibility index (Phi) is 7.05. The Bertz CT molecular complexity index is 252. The molecule has 19 heavy (non-hydrogen) atoms. The first-order valence-corrected chi connectivity index (χ1v) is 7.71. The fourth-order valence-corrected chi connectivity index (χ4v) is 2.65. The van der Waals surface area contributed by atoms with E-state index in [2.05, 4.69) is 62.3 Å². The molecule has 0 aromatic carbocycles. The quantitative estimate of drug-likeness (QED) is 0.574. The highest BCUT2D eigenvalue weighted by molar-refractivity contribution is 4.83. The van der Waals surface area contributed by atoms with E-state index < -0.39 is 0 Å². The summed E-state index contributed by atoms with van der Waals surface area (Å²) in [4.78, 5) is 0. The lowest BCUT2D eigenvalue weighted by Gasteiger charge is -2.40. The monoisotopic (exact) mass is 272 g/mol. The molecule has 0 spiro atoms. The molecule has 0 aliphatic heterocycles. The summed E-state index contributed by atoms with van der Waals surface area (Å²) in [5, 5.41) is 0. The molecule has 0 heterocycles. The second-order valence-electron chi connectivity index (χ2n) is 7.99. The summed E-state index contributed by atoms with van der Waals surface area (Å²) in [5.74, 6) is 0. The van der Waals surface area contributed by atoms with Crippen molar-refractivity contribution in [1.29, 1.82) is 0 Å². The molecule has 0 saturated heterocycles. The van der Waals surface area contributed by atoms with Crippen molar-refractivity contribution in [1.82, 2.24) is 0 Å². The van der Waals surface area contributed by atoms with Crippen LogP contribution in [-0.4, -0.2) is 23.9 Å². The van der Waals surface area contributed by atoms with Gasteiger partial charge in [0.2, 0.25) is 0 Å². The molecule has 0 atom stereocenters. The van der Waals surface area contributed by atoms with Gasteiger partial charge < -0.3 is 9.47 Å². The van der Waals surface area contributed by atoms with Crippen LogP contribution >= 0.6 is 0 Å². The molecule has 0 saturated carbocycles. The predicted octanol–water partition coefficient (Wildman–Crippen LogP) is 5.20. The SMILES string of the molecule is CCC(C)(C)CC(C)(C)OC(C)(C)CCOC(C)C.